The lowest BCUT2D eigenvalue weighted by molar-refractivity contribution is -0.128. The molecule has 1 saturated carbocycles. The van der Waals surface area contributed by atoms with E-state index in [9.17, 15) is 5.11 Å². The number of methoxy groups -OCH3 is 2. The van der Waals surface area contributed by atoms with Crippen molar-refractivity contribution in [1.29, 1.82) is 0 Å². The van der Waals surface area contributed by atoms with Crippen molar-refractivity contribution in [3.63, 3.8) is 0 Å². The molecule has 0 bridgehead atoms. The fourth-order valence-corrected chi connectivity index (χ4v) is 3.23. The lowest BCUT2D eigenvalue weighted by Gasteiger charge is -2.40. The molecule has 1 aromatic rings. The van der Waals surface area contributed by atoms with Crippen LogP contribution < -0.4 is 0 Å². The van der Waals surface area contributed by atoms with E-state index in [2.05, 4.69) is 5.10 Å². The quantitative estimate of drug-likeness (QED) is 0.877. The van der Waals surface area contributed by atoms with Crippen LogP contribution in [-0.4, -0.2) is 41.3 Å². The van der Waals surface area contributed by atoms with E-state index in [1.54, 1.807) is 25.1 Å². The van der Waals surface area contributed by atoms with Gasteiger partial charge in [-0.15, -0.1) is 0 Å². The molecule has 114 valence electrons. The van der Waals surface area contributed by atoms with Gasteiger partial charge in [-0.25, -0.2) is 0 Å². The van der Waals surface area contributed by atoms with Crippen LogP contribution in [0.1, 0.15) is 43.9 Å². The molecule has 5 nitrogen and oxygen atoms in total. The van der Waals surface area contributed by atoms with Crippen LogP contribution in [0.15, 0.2) is 6.20 Å². The van der Waals surface area contributed by atoms with Gasteiger partial charge in [0.2, 0.25) is 0 Å². The minimum absolute atomic E-state index is 0.482. The summed E-state index contributed by atoms with van der Waals surface area (Å²) in [7, 11) is 3.30. The molecule has 1 fully saturated rings. The van der Waals surface area contributed by atoms with Gasteiger partial charge in [0.25, 0.3) is 0 Å². The van der Waals surface area contributed by atoms with Crippen molar-refractivity contribution in [2.24, 2.45) is 0 Å². The van der Waals surface area contributed by atoms with Crippen molar-refractivity contribution >= 4 is 11.6 Å². The van der Waals surface area contributed by atoms with E-state index < -0.39 is 11.7 Å². The van der Waals surface area contributed by atoms with Crippen LogP contribution in [0, 0.1) is 0 Å². The summed E-state index contributed by atoms with van der Waals surface area (Å²) in [4.78, 5) is 0. The number of hydrogen-bond acceptors (Lipinski definition) is 4. The van der Waals surface area contributed by atoms with E-state index in [4.69, 9.17) is 21.1 Å². The lowest BCUT2D eigenvalue weighted by atomic mass is 9.79. The largest absolute Gasteiger partial charge is 0.384 e. The van der Waals surface area contributed by atoms with Crippen LogP contribution in [0.3, 0.4) is 0 Å². The highest BCUT2D eigenvalue weighted by Crippen LogP contribution is 2.42. The molecule has 0 aliphatic heterocycles. The molecule has 1 aromatic heterocycles. The first-order valence-electron chi connectivity index (χ1n) is 7.08. The van der Waals surface area contributed by atoms with Crippen molar-refractivity contribution in [1.82, 2.24) is 9.78 Å². The smallest absolute Gasteiger partial charge is 0.126 e. The van der Waals surface area contributed by atoms with Crippen LogP contribution in [0.25, 0.3) is 0 Å². The molecule has 2 rings (SSSR count). The Balaban J connectivity index is 2.26. The molecule has 1 N–H and O–H groups in total. The summed E-state index contributed by atoms with van der Waals surface area (Å²) in [6.45, 7) is 1.09. The Morgan fingerprint density at radius 1 is 1.40 bits per heavy atom. The summed E-state index contributed by atoms with van der Waals surface area (Å²) in [5, 5.41) is 15.5. The molecule has 1 aliphatic carbocycles. The maximum absolute atomic E-state index is 10.8. The van der Waals surface area contributed by atoms with E-state index in [-0.39, 0.29) is 0 Å². The highest BCUT2D eigenvalue weighted by Gasteiger charge is 2.42. The molecule has 20 heavy (non-hydrogen) atoms. The number of halogens is 1. The number of aliphatic hydroxyl groups excluding tert-OH is 1. The Labute approximate surface area is 124 Å². The SMILES string of the molecule is COCCn1ncc(Cl)c1C(O)C1(OC)CCCCC1. The van der Waals surface area contributed by atoms with Gasteiger partial charge in [0, 0.05) is 14.2 Å². The zero-order valence-electron chi connectivity index (χ0n) is 12.1. The first-order valence-corrected chi connectivity index (χ1v) is 7.46. The van der Waals surface area contributed by atoms with E-state index in [1.165, 1.54) is 6.42 Å². The highest BCUT2D eigenvalue weighted by atomic mass is 35.5. The van der Waals surface area contributed by atoms with Crippen LogP contribution in [0.4, 0.5) is 0 Å². The summed E-state index contributed by atoms with van der Waals surface area (Å²) in [6, 6.07) is 0. The molecule has 6 heteroatoms. The van der Waals surface area contributed by atoms with Crippen LogP contribution in [-0.2, 0) is 16.0 Å². The van der Waals surface area contributed by atoms with Gasteiger partial charge < -0.3 is 14.6 Å². The van der Waals surface area contributed by atoms with Crippen molar-refractivity contribution < 1.29 is 14.6 Å². The number of rotatable bonds is 6. The second-order valence-electron chi connectivity index (χ2n) is 5.33. The summed E-state index contributed by atoms with van der Waals surface area (Å²) in [5.74, 6) is 0. The third-order valence-corrected chi connectivity index (χ3v) is 4.50. The first kappa shape index (κ1) is 15.8. The first-order chi connectivity index (χ1) is 9.64. The van der Waals surface area contributed by atoms with Crippen LogP contribution in [0.2, 0.25) is 5.02 Å². The van der Waals surface area contributed by atoms with Gasteiger partial charge >= 0.3 is 0 Å². The van der Waals surface area contributed by atoms with Gasteiger partial charge in [-0.05, 0) is 12.8 Å². The molecule has 1 atom stereocenters. The minimum Gasteiger partial charge on any atom is -0.384 e. The summed E-state index contributed by atoms with van der Waals surface area (Å²) < 4.78 is 12.5. The van der Waals surface area contributed by atoms with Gasteiger partial charge in [-0.3, -0.25) is 4.68 Å². The van der Waals surface area contributed by atoms with Gasteiger partial charge in [0.05, 0.1) is 35.7 Å². The Bertz CT molecular complexity index is 430. The monoisotopic (exact) mass is 302 g/mol. The Hall–Kier alpha value is -0.620. The fourth-order valence-electron chi connectivity index (χ4n) is 2.99. The lowest BCUT2D eigenvalue weighted by Crippen LogP contribution is -2.41. The molecule has 0 radical (unpaired) electrons. The van der Waals surface area contributed by atoms with E-state index >= 15 is 0 Å². The van der Waals surface area contributed by atoms with Crippen molar-refractivity contribution in [3.8, 4) is 0 Å². The maximum atomic E-state index is 10.8. The number of ether oxygens (including phenoxy) is 2. The average molecular weight is 303 g/mol. The number of aromatic nitrogens is 2. The van der Waals surface area contributed by atoms with Gasteiger partial charge in [-0.1, -0.05) is 30.9 Å². The van der Waals surface area contributed by atoms with Crippen LogP contribution >= 0.6 is 11.6 Å². The van der Waals surface area contributed by atoms with Gasteiger partial charge in [0.1, 0.15) is 6.10 Å². The van der Waals surface area contributed by atoms with Gasteiger partial charge in [-0.2, -0.15) is 5.10 Å². The third-order valence-electron chi connectivity index (χ3n) is 4.20. The van der Waals surface area contributed by atoms with Gasteiger partial charge in [0.15, 0.2) is 0 Å². The summed E-state index contributed by atoms with van der Waals surface area (Å²) in [6.07, 6.45) is 5.81. The third kappa shape index (κ3) is 3.01. The molecule has 0 amide bonds. The maximum Gasteiger partial charge on any atom is 0.126 e. The molecule has 1 aliphatic rings. The predicted molar refractivity (Wildman–Crippen MR) is 76.9 cm³/mol. The summed E-state index contributed by atoms with van der Waals surface area (Å²) >= 11 is 6.22. The predicted octanol–water partition coefficient (Wildman–Crippen LogP) is 2.57. The zero-order chi connectivity index (χ0) is 14.6. The molecule has 0 aromatic carbocycles. The number of aliphatic hydroxyl groups is 1. The van der Waals surface area contributed by atoms with Crippen molar-refractivity contribution in [3.05, 3.63) is 16.9 Å². The van der Waals surface area contributed by atoms with Crippen LogP contribution in [0.5, 0.6) is 0 Å². The van der Waals surface area contributed by atoms with Crippen molar-refractivity contribution in [2.75, 3.05) is 20.8 Å². The highest BCUT2D eigenvalue weighted by molar-refractivity contribution is 6.31. The zero-order valence-corrected chi connectivity index (χ0v) is 12.9. The van der Waals surface area contributed by atoms with E-state index in [0.717, 1.165) is 25.7 Å². The average Bonchev–Trinajstić information content (AvgIpc) is 2.85. The normalized spacial score (nSPS) is 20.0. The van der Waals surface area contributed by atoms with E-state index in [0.29, 0.717) is 23.9 Å². The fraction of sp³-hybridized carbons (Fsp3) is 0.786. The second-order valence-corrected chi connectivity index (χ2v) is 5.73. The Morgan fingerprint density at radius 3 is 2.70 bits per heavy atom. The second kappa shape index (κ2) is 6.89. The molecule has 1 heterocycles. The summed E-state index contributed by atoms with van der Waals surface area (Å²) in [5.41, 5.74) is 0.0830. The topological polar surface area (TPSA) is 56.5 Å². The molecule has 1 unspecified atom stereocenters. The number of hydrogen-bond donors (Lipinski definition) is 1. The molecular weight excluding hydrogens is 280 g/mol. The Morgan fingerprint density at radius 2 is 2.10 bits per heavy atom. The standard InChI is InChI=1S/C14H23ClN2O3/c1-19-9-8-17-12(11(15)10-16-17)13(18)14(20-2)6-4-3-5-7-14/h10,13,18H,3-9H2,1-2H3. The number of nitrogens with zero attached hydrogens (tertiary/aromatic N) is 2. The minimum atomic E-state index is -0.764. The molecular formula is C14H23ClN2O3. The van der Waals surface area contributed by atoms with E-state index in [1.807, 2.05) is 0 Å². The van der Waals surface area contributed by atoms with Crippen molar-refractivity contribution in [2.45, 2.75) is 50.4 Å². The molecule has 0 spiro atoms. The Kier molecular flexibility index (Phi) is 5.43. The molecule has 0 saturated heterocycles.